The molecule has 1 aromatic heterocycles. The minimum Gasteiger partial charge on any atom is -0.497 e. The zero-order valence-corrected chi connectivity index (χ0v) is 11.1. The highest BCUT2D eigenvalue weighted by Crippen LogP contribution is 2.14. The van der Waals surface area contributed by atoms with Gasteiger partial charge in [-0.25, -0.2) is 9.97 Å². The molecule has 19 heavy (non-hydrogen) atoms. The summed E-state index contributed by atoms with van der Waals surface area (Å²) in [7, 11) is 3.27. The highest BCUT2D eigenvalue weighted by atomic mass is 16.5. The van der Waals surface area contributed by atoms with Crippen LogP contribution in [0.5, 0.6) is 5.75 Å². The van der Waals surface area contributed by atoms with Crippen molar-refractivity contribution >= 4 is 5.82 Å². The summed E-state index contributed by atoms with van der Waals surface area (Å²) >= 11 is 0. The summed E-state index contributed by atoms with van der Waals surface area (Å²) < 4.78 is 10.2. The summed E-state index contributed by atoms with van der Waals surface area (Å²) in [5, 5.41) is 0. The predicted octanol–water partition coefficient (Wildman–Crippen LogP) is 1.80. The molecule has 0 unspecified atom stereocenters. The van der Waals surface area contributed by atoms with Crippen LogP contribution in [0, 0.1) is 0 Å². The van der Waals surface area contributed by atoms with Crippen LogP contribution in [-0.2, 0) is 17.8 Å². The van der Waals surface area contributed by atoms with E-state index in [1.165, 1.54) is 0 Å². The standard InChI is InChI=1S/C14H17N3O2/c1-18-9-11-8-13(15)17-14(16-11)7-10-3-5-12(19-2)6-4-10/h3-6,8H,7,9H2,1-2H3,(H2,15,16,17). The van der Waals surface area contributed by atoms with Gasteiger partial charge in [0.15, 0.2) is 0 Å². The van der Waals surface area contributed by atoms with Crippen molar-refractivity contribution in [1.82, 2.24) is 9.97 Å². The number of anilines is 1. The lowest BCUT2D eigenvalue weighted by molar-refractivity contribution is 0.181. The van der Waals surface area contributed by atoms with Gasteiger partial charge in [0.05, 0.1) is 19.4 Å². The second kappa shape index (κ2) is 6.15. The van der Waals surface area contributed by atoms with E-state index >= 15 is 0 Å². The fraction of sp³-hybridized carbons (Fsp3) is 0.286. The molecule has 2 N–H and O–H groups in total. The molecule has 0 fully saturated rings. The van der Waals surface area contributed by atoms with E-state index in [2.05, 4.69) is 9.97 Å². The van der Waals surface area contributed by atoms with Gasteiger partial charge in [-0.3, -0.25) is 0 Å². The summed E-state index contributed by atoms with van der Waals surface area (Å²) in [6, 6.07) is 9.53. The number of hydrogen-bond donors (Lipinski definition) is 1. The first-order valence-corrected chi connectivity index (χ1v) is 5.95. The average Bonchev–Trinajstić information content (AvgIpc) is 2.39. The Kier molecular flexibility index (Phi) is 4.30. The predicted molar refractivity (Wildman–Crippen MR) is 73.0 cm³/mol. The summed E-state index contributed by atoms with van der Waals surface area (Å²) in [4.78, 5) is 8.65. The molecule has 0 aliphatic rings. The molecule has 0 spiro atoms. The van der Waals surface area contributed by atoms with Crippen LogP contribution in [0.2, 0.25) is 0 Å². The van der Waals surface area contributed by atoms with Crippen LogP contribution < -0.4 is 10.5 Å². The molecule has 1 heterocycles. The van der Waals surface area contributed by atoms with Crippen LogP contribution in [0.25, 0.3) is 0 Å². The van der Waals surface area contributed by atoms with E-state index in [0.29, 0.717) is 24.7 Å². The largest absolute Gasteiger partial charge is 0.497 e. The third-order valence-corrected chi connectivity index (χ3v) is 2.66. The molecule has 0 aliphatic carbocycles. The van der Waals surface area contributed by atoms with Gasteiger partial charge < -0.3 is 15.2 Å². The number of methoxy groups -OCH3 is 2. The van der Waals surface area contributed by atoms with Crippen LogP contribution in [-0.4, -0.2) is 24.2 Å². The molecule has 0 atom stereocenters. The zero-order valence-electron chi connectivity index (χ0n) is 11.1. The van der Waals surface area contributed by atoms with Crippen LogP contribution in [0.15, 0.2) is 30.3 Å². The minimum absolute atomic E-state index is 0.433. The van der Waals surface area contributed by atoms with Gasteiger partial charge in [0, 0.05) is 19.6 Å². The van der Waals surface area contributed by atoms with Crippen molar-refractivity contribution in [1.29, 1.82) is 0 Å². The second-order valence-corrected chi connectivity index (χ2v) is 4.16. The molecule has 0 bridgehead atoms. The van der Waals surface area contributed by atoms with E-state index in [-0.39, 0.29) is 0 Å². The van der Waals surface area contributed by atoms with E-state index in [1.807, 2.05) is 24.3 Å². The van der Waals surface area contributed by atoms with Gasteiger partial charge in [-0.05, 0) is 17.7 Å². The molecule has 0 saturated carbocycles. The fourth-order valence-corrected chi connectivity index (χ4v) is 1.80. The lowest BCUT2D eigenvalue weighted by atomic mass is 10.1. The average molecular weight is 259 g/mol. The van der Waals surface area contributed by atoms with E-state index in [0.717, 1.165) is 17.0 Å². The van der Waals surface area contributed by atoms with Crippen molar-refractivity contribution in [2.24, 2.45) is 0 Å². The first-order chi connectivity index (χ1) is 9.21. The van der Waals surface area contributed by atoms with Gasteiger partial charge in [0.25, 0.3) is 0 Å². The van der Waals surface area contributed by atoms with Crippen LogP contribution in [0.4, 0.5) is 5.82 Å². The molecule has 100 valence electrons. The molecule has 5 nitrogen and oxygen atoms in total. The fourth-order valence-electron chi connectivity index (χ4n) is 1.80. The van der Waals surface area contributed by atoms with Crippen molar-refractivity contribution < 1.29 is 9.47 Å². The number of hydrogen-bond acceptors (Lipinski definition) is 5. The van der Waals surface area contributed by atoms with E-state index in [4.69, 9.17) is 15.2 Å². The monoisotopic (exact) mass is 259 g/mol. The molecule has 1 aromatic carbocycles. The van der Waals surface area contributed by atoms with Gasteiger partial charge >= 0.3 is 0 Å². The minimum atomic E-state index is 0.433. The van der Waals surface area contributed by atoms with Crippen LogP contribution >= 0.6 is 0 Å². The van der Waals surface area contributed by atoms with Crippen molar-refractivity contribution in [3.05, 3.63) is 47.4 Å². The van der Waals surface area contributed by atoms with E-state index < -0.39 is 0 Å². The van der Waals surface area contributed by atoms with Crippen LogP contribution in [0.1, 0.15) is 17.1 Å². The first kappa shape index (κ1) is 13.3. The Morgan fingerprint density at radius 3 is 2.47 bits per heavy atom. The molecular weight excluding hydrogens is 242 g/mol. The quantitative estimate of drug-likeness (QED) is 0.886. The normalized spacial score (nSPS) is 10.4. The number of ether oxygens (including phenoxy) is 2. The van der Waals surface area contributed by atoms with Crippen molar-refractivity contribution in [3.63, 3.8) is 0 Å². The first-order valence-electron chi connectivity index (χ1n) is 5.95. The topological polar surface area (TPSA) is 70.3 Å². The third-order valence-electron chi connectivity index (χ3n) is 2.66. The summed E-state index contributed by atoms with van der Waals surface area (Å²) in [6.45, 7) is 0.433. The molecule has 2 aromatic rings. The van der Waals surface area contributed by atoms with Gasteiger partial charge in [-0.15, -0.1) is 0 Å². The molecule has 2 rings (SSSR count). The number of aromatic nitrogens is 2. The second-order valence-electron chi connectivity index (χ2n) is 4.16. The molecule has 5 heteroatoms. The van der Waals surface area contributed by atoms with Crippen molar-refractivity contribution in [2.75, 3.05) is 20.0 Å². The van der Waals surface area contributed by atoms with Gasteiger partial charge in [-0.2, -0.15) is 0 Å². The highest BCUT2D eigenvalue weighted by molar-refractivity contribution is 5.32. The molecule has 0 saturated heterocycles. The number of benzene rings is 1. The Labute approximate surface area is 112 Å². The maximum atomic E-state index is 5.76. The Balaban J connectivity index is 2.17. The number of nitrogens with zero attached hydrogens (tertiary/aromatic N) is 2. The van der Waals surface area contributed by atoms with Gasteiger partial charge in [-0.1, -0.05) is 12.1 Å². The Morgan fingerprint density at radius 1 is 1.11 bits per heavy atom. The van der Waals surface area contributed by atoms with Gasteiger partial charge in [0.2, 0.25) is 0 Å². The highest BCUT2D eigenvalue weighted by Gasteiger charge is 2.04. The molecule has 0 radical (unpaired) electrons. The number of nitrogen functional groups attached to an aromatic ring is 1. The van der Waals surface area contributed by atoms with Crippen molar-refractivity contribution in [3.8, 4) is 5.75 Å². The van der Waals surface area contributed by atoms with E-state index in [1.54, 1.807) is 20.3 Å². The summed E-state index contributed by atoms with van der Waals surface area (Å²) in [5.41, 5.74) is 7.66. The Bertz CT molecular complexity index is 541. The smallest absolute Gasteiger partial charge is 0.135 e. The lowest BCUT2D eigenvalue weighted by Crippen LogP contribution is -2.04. The zero-order chi connectivity index (χ0) is 13.7. The van der Waals surface area contributed by atoms with Crippen LogP contribution in [0.3, 0.4) is 0 Å². The number of nitrogens with two attached hydrogens (primary N) is 1. The molecule has 0 amide bonds. The van der Waals surface area contributed by atoms with Crippen molar-refractivity contribution in [2.45, 2.75) is 13.0 Å². The number of rotatable bonds is 5. The molecule has 0 aliphatic heterocycles. The SMILES string of the molecule is COCc1cc(N)nc(Cc2ccc(OC)cc2)n1. The Hall–Kier alpha value is -2.14. The molecular formula is C14H17N3O2. The summed E-state index contributed by atoms with van der Waals surface area (Å²) in [6.07, 6.45) is 0.631. The maximum absolute atomic E-state index is 5.76. The Morgan fingerprint density at radius 2 is 1.84 bits per heavy atom. The van der Waals surface area contributed by atoms with E-state index in [9.17, 15) is 0 Å². The lowest BCUT2D eigenvalue weighted by Gasteiger charge is -2.06. The maximum Gasteiger partial charge on any atom is 0.135 e. The summed E-state index contributed by atoms with van der Waals surface area (Å²) in [5.74, 6) is 1.99. The van der Waals surface area contributed by atoms with Gasteiger partial charge in [0.1, 0.15) is 17.4 Å². The third kappa shape index (κ3) is 3.66.